The lowest BCUT2D eigenvalue weighted by Gasteiger charge is -2.27. The molecule has 1 heterocycles. The Bertz CT molecular complexity index is 316. The van der Waals surface area contributed by atoms with Gasteiger partial charge in [0.2, 0.25) is 0 Å². The van der Waals surface area contributed by atoms with E-state index in [1.807, 2.05) is 0 Å². The van der Waals surface area contributed by atoms with Crippen molar-refractivity contribution in [1.82, 2.24) is 0 Å². The van der Waals surface area contributed by atoms with E-state index < -0.39 is 0 Å². The van der Waals surface area contributed by atoms with Gasteiger partial charge in [0.15, 0.2) is 0 Å². The molecular formula is C12H18N2. The van der Waals surface area contributed by atoms with Gasteiger partial charge >= 0.3 is 0 Å². The molecule has 1 aliphatic rings. The van der Waals surface area contributed by atoms with Crippen LogP contribution in [0.1, 0.15) is 19.4 Å². The second-order valence-corrected chi connectivity index (χ2v) is 3.70. The number of fused-ring (bicyclic) bond motifs is 2. The minimum absolute atomic E-state index is 1.07. The number of hydrogen-bond acceptors (Lipinski definition) is 2. The molecule has 0 aliphatic carbocycles. The molecule has 2 nitrogen and oxygen atoms in total. The number of nitrogens with zero attached hydrogens (tertiary/aromatic N) is 1. The predicted molar refractivity (Wildman–Crippen MR) is 62.2 cm³/mol. The smallest absolute Gasteiger partial charge is 0.0602 e. The van der Waals surface area contributed by atoms with Crippen LogP contribution in [0, 0.1) is 0 Å². The maximum Gasteiger partial charge on any atom is 0.0602 e. The average molecular weight is 190 g/mol. The molecule has 0 aromatic heterocycles. The van der Waals surface area contributed by atoms with Crippen LogP contribution in [0.4, 0.5) is 11.4 Å². The van der Waals surface area contributed by atoms with Crippen molar-refractivity contribution in [2.24, 2.45) is 0 Å². The lowest BCUT2D eigenvalue weighted by molar-refractivity contribution is 0.860. The Morgan fingerprint density at radius 1 is 1.29 bits per heavy atom. The second kappa shape index (κ2) is 3.91. The van der Waals surface area contributed by atoms with E-state index in [2.05, 4.69) is 42.3 Å². The monoisotopic (exact) mass is 190 g/mol. The van der Waals surface area contributed by atoms with Crippen molar-refractivity contribution in [3.63, 3.8) is 0 Å². The van der Waals surface area contributed by atoms with E-state index in [1.54, 1.807) is 0 Å². The Balaban J connectivity index is 2.34. The summed E-state index contributed by atoms with van der Waals surface area (Å²) in [7, 11) is 0. The van der Waals surface area contributed by atoms with Gasteiger partial charge in [0, 0.05) is 19.6 Å². The van der Waals surface area contributed by atoms with Gasteiger partial charge in [-0.2, -0.15) is 0 Å². The molecule has 0 saturated heterocycles. The van der Waals surface area contributed by atoms with Crippen molar-refractivity contribution in [2.75, 3.05) is 29.9 Å². The standard InChI is InChI=1S/C12H18N2/c1-3-14(4-2)12-6-5-10-7-8-13-11(12)9-10/h5-6,9,13H,3-4,7-8H2,1-2H3. The first-order chi connectivity index (χ1) is 6.85. The molecule has 0 fully saturated rings. The van der Waals surface area contributed by atoms with Crippen LogP contribution in [0.25, 0.3) is 0 Å². The third kappa shape index (κ3) is 1.57. The molecule has 0 atom stereocenters. The van der Waals surface area contributed by atoms with Crippen molar-refractivity contribution in [3.05, 3.63) is 23.8 Å². The van der Waals surface area contributed by atoms with E-state index in [0.29, 0.717) is 0 Å². The number of nitrogens with one attached hydrogen (secondary N) is 1. The molecule has 2 rings (SSSR count). The number of benzene rings is 1. The van der Waals surface area contributed by atoms with Crippen LogP contribution >= 0.6 is 0 Å². The largest absolute Gasteiger partial charge is 0.383 e. The predicted octanol–water partition coefficient (Wildman–Crippen LogP) is 2.50. The average Bonchev–Trinajstić information content (AvgIpc) is 2.23. The Labute approximate surface area is 85.9 Å². The highest BCUT2D eigenvalue weighted by Gasteiger charge is 2.11. The van der Waals surface area contributed by atoms with Gasteiger partial charge in [0.1, 0.15) is 0 Å². The molecule has 1 N–H and O–H groups in total. The quantitative estimate of drug-likeness (QED) is 0.787. The maximum absolute atomic E-state index is 3.46. The molecule has 76 valence electrons. The summed E-state index contributed by atoms with van der Waals surface area (Å²) in [6, 6.07) is 6.76. The van der Waals surface area contributed by atoms with Crippen LogP contribution < -0.4 is 10.2 Å². The summed E-state index contributed by atoms with van der Waals surface area (Å²) in [4.78, 5) is 2.39. The molecular weight excluding hydrogens is 172 g/mol. The van der Waals surface area contributed by atoms with Crippen LogP contribution in [0.2, 0.25) is 0 Å². The van der Waals surface area contributed by atoms with Gasteiger partial charge in [-0.1, -0.05) is 6.07 Å². The van der Waals surface area contributed by atoms with Gasteiger partial charge < -0.3 is 10.2 Å². The van der Waals surface area contributed by atoms with E-state index >= 15 is 0 Å². The van der Waals surface area contributed by atoms with Crippen molar-refractivity contribution in [3.8, 4) is 0 Å². The van der Waals surface area contributed by atoms with E-state index in [-0.39, 0.29) is 0 Å². The summed E-state index contributed by atoms with van der Waals surface area (Å²) in [5.41, 5.74) is 4.10. The Hall–Kier alpha value is -1.18. The molecule has 0 amide bonds. The van der Waals surface area contributed by atoms with Gasteiger partial charge in [0.25, 0.3) is 0 Å². The molecule has 1 aliphatic heterocycles. The zero-order valence-corrected chi connectivity index (χ0v) is 9.01. The van der Waals surface area contributed by atoms with Gasteiger partial charge in [-0.3, -0.25) is 0 Å². The molecule has 0 spiro atoms. The van der Waals surface area contributed by atoms with Gasteiger partial charge in [-0.25, -0.2) is 0 Å². The zero-order chi connectivity index (χ0) is 9.97. The minimum Gasteiger partial charge on any atom is -0.383 e. The maximum atomic E-state index is 3.46. The first-order valence-corrected chi connectivity index (χ1v) is 5.47. The van der Waals surface area contributed by atoms with Gasteiger partial charge in [-0.15, -0.1) is 0 Å². The molecule has 14 heavy (non-hydrogen) atoms. The van der Waals surface area contributed by atoms with E-state index in [0.717, 1.165) is 26.1 Å². The topological polar surface area (TPSA) is 15.3 Å². The first kappa shape index (κ1) is 9.38. The molecule has 2 heteroatoms. The highest BCUT2D eigenvalue weighted by Crippen LogP contribution is 2.29. The fourth-order valence-corrected chi connectivity index (χ4v) is 2.06. The van der Waals surface area contributed by atoms with Crippen LogP contribution in [-0.4, -0.2) is 19.6 Å². The van der Waals surface area contributed by atoms with E-state index in [4.69, 9.17) is 0 Å². The molecule has 0 saturated carbocycles. The fraction of sp³-hybridized carbons (Fsp3) is 0.500. The van der Waals surface area contributed by atoms with Gasteiger partial charge in [-0.05, 0) is 38.0 Å². The summed E-state index contributed by atoms with van der Waals surface area (Å²) in [5.74, 6) is 0. The third-order valence-electron chi connectivity index (χ3n) is 2.89. The number of rotatable bonds is 3. The summed E-state index contributed by atoms with van der Waals surface area (Å²) in [6.07, 6.45) is 1.16. The first-order valence-electron chi connectivity index (χ1n) is 5.47. The Morgan fingerprint density at radius 3 is 2.79 bits per heavy atom. The highest BCUT2D eigenvalue weighted by molar-refractivity contribution is 5.72. The van der Waals surface area contributed by atoms with Crippen LogP contribution in [0.15, 0.2) is 18.2 Å². The van der Waals surface area contributed by atoms with Crippen molar-refractivity contribution in [1.29, 1.82) is 0 Å². The molecule has 2 bridgehead atoms. The lowest BCUT2D eigenvalue weighted by atomic mass is 10.1. The van der Waals surface area contributed by atoms with Crippen LogP contribution in [0.3, 0.4) is 0 Å². The number of hydrogen-bond donors (Lipinski definition) is 1. The summed E-state index contributed by atoms with van der Waals surface area (Å²) in [5, 5.41) is 3.46. The summed E-state index contributed by atoms with van der Waals surface area (Å²) >= 11 is 0. The molecule has 1 aromatic carbocycles. The van der Waals surface area contributed by atoms with Crippen molar-refractivity contribution < 1.29 is 0 Å². The van der Waals surface area contributed by atoms with Crippen LogP contribution in [-0.2, 0) is 6.42 Å². The van der Waals surface area contributed by atoms with Gasteiger partial charge in [0.05, 0.1) is 11.4 Å². The molecule has 0 radical (unpaired) electrons. The molecule has 1 aromatic rings. The van der Waals surface area contributed by atoms with Crippen molar-refractivity contribution >= 4 is 11.4 Å². The number of anilines is 2. The fourth-order valence-electron chi connectivity index (χ4n) is 2.06. The second-order valence-electron chi connectivity index (χ2n) is 3.70. The van der Waals surface area contributed by atoms with E-state index in [1.165, 1.54) is 16.9 Å². The highest BCUT2D eigenvalue weighted by atomic mass is 15.1. The normalized spacial score (nSPS) is 13.6. The third-order valence-corrected chi connectivity index (χ3v) is 2.89. The van der Waals surface area contributed by atoms with Crippen molar-refractivity contribution in [2.45, 2.75) is 20.3 Å². The summed E-state index contributed by atoms with van der Waals surface area (Å²) < 4.78 is 0. The Kier molecular flexibility index (Phi) is 2.62. The zero-order valence-electron chi connectivity index (χ0n) is 9.01. The minimum atomic E-state index is 1.07. The van der Waals surface area contributed by atoms with Crippen LogP contribution in [0.5, 0.6) is 0 Å². The lowest BCUT2D eigenvalue weighted by Crippen LogP contribution is -2.24. The Morgan fingerprint density at radius 2 is 2.07 bits per heavy atom. The summed E-state index contributed by atoms with van der Waals surface area (Å²) in [6.45, 7) is 7.63. The molecule has 0 unspecified atom stereocenters. The SMILES string of the molecule is CCN(CC)c1ccc2cc1NCC2. The van der Waals surface area contributed by atoms with E-state index in [9.17, 15) is 0 Å².